The topological polar surface area (TPSA) is 156 Å². The first-order valence-corrected chi connectivity index (χ1v) is 21.7. The lowest BCUT2D eigenvalue weighted by Gasteiger charge is -2.40. The van der Waals surface area contributed by atoms with Crippen molar-refractivity contribution >= 4 is 34.9 Å². The standard InChI is InChI=1S/C43H55FN10O5/c1-43(12-13-43)59-38-20-30-33(22-45-38)49-50-40(30)32-21-36(47-25-46-32)53-14-10-28(11-15-53)58-27-4-2-26(3-5-27)23-51-16-18-52(19-17-51)34-7-6-29-31(39(34)44)24-54(42(29)57)35-8-9-37(55)48-41(35)56/h6-7,20-22,26-28,35,40,46,49-50H,2-5,8-19,23-25H2,1H3,(H,48,55,56). The second-order valence-corrected chi connectivity index (χ2v) is 17.9. The van der Waals surface area contributed by atoms with Crippen LogP contribution in [0.25, 0.3) is 0 Å². The molecule has 59 heavy (non-hydrogen) atoms. The van der Waals surface area contributed by atoms with Crippen molar-refractivity contribution < 1.29 is 28.2 Å². The van der Waals surface area contributed by atoms with Crippen LogP contribution in [0.3, 0.4) is 0 Å². The predicted molar refractivity (Wildman–Crippen MR) is 218 cm³/mol. The number of aliphatic imine (C=N–C) groups is 1. The van der Waals surface area contributed by atoms with Gasteiger partial charge >= 0.3 is 0 Å². The van der Waals surface area contributed by atoms with Crippen molar-refractivity contribution in [1.29, 1.82) is 0 Å². The number of rotatable bonds is 9. The van der Waals surface area contributed by atoms with Gasteiger partial charge < -0.3 is 34.9 Å². The summed E-state index contributed by atoms with van der Waals surface area (Å²) >= 11 is 0. The molecule has 2 aliphatic carbocycles. The number of fused-ring (bicyclic) bond motifs is 2. The van der Waals surface area contributed by atoms with Crippen molar-refractivity contribution in [2.45, 2.75) is 108 Å². The lowest BCUT2D eigenvalue weighted by atomic mass is 9.86. The van der Waals surface area contributed by atoms with Crippen LogP contribution >= 0.6 is 0 Å². The van der Waals surface area contributed by atoms with Crippen LogP contribution in [0.4, 0.5) is 15.8 Å². The monoisotopic (exact) mass is 810 g/mol. The molecule has 7 heterocycles. The van der Waals surface area contributed by atoms with E-state index in [2.05, 4.69) is 60.2 Å². The summed E-state index contributed by atoms with van der Waals surface area (Å²) < 4.78 is 28.8. The van der Waals surface area contributed by atoms with Gasteiger partial charge in [-0.25, -0.2) is 19.8 Å². The molecule has 10 rings (SSSR count). The Hall–Kier alpha value is -4.80. The molecule has 314 valence electrons. The molecule has 8 aliphatic rings. The highest BCUT2D eigenvalue weighted by molar-refractivity contribution is 6.05. The van der Waals surface area contributed by atoms with Crippen molar-refractivity contribution in [2.24, 2.45) is 10.9 Å². The van der Waals surface area contributed by atoms with Gasteiger partial charge in [-0.2, -0.15) is 0 Å². The number of nitrogens with one attached hydrogen (secondary N) is 4. The van der Waals surface area contributed by atoms with Gasteiger partial charge in [0, 0.05) is 86.8 Å². The lowest BCUT2D eigenvalue weighted by molar-refractivity contribution is -0.136. The number of likely N-dealkylation sites (tertiary alicyclic amines) is 1. The highest BCUT2D eigenvalue weighted by Gasteiger charge is 2.42. The molecular weight excluding hydrogens is 756 g/mol. The van der Waals surface area contributed by atoms with Crippen molar-refractivity contribution in [1.82, 2.24) is 35.7 Å². The maximum absolute atomic E-state index is 15.9. The molecule has 2 saturated carbocycles. The molecule has 0 radical (unpaired) electrons. The van der Waals surface area contributed by atoms with Crippen LogP contribution in [0.1, 0.15) is 98.7 Å². The number of hydrogen-bond acceptors (Lipinski definition) is 13. The zero-order valence-corrected chi connectivity index (χ0v) is 33.8. The van der Waals surface area contributed by atoms with Gasteiger partial charge in [0.05, 0.1) is 42.4 Å². The number of anilines is 2. The van der Waals surface area contributed by atoms with E-state index in [-0.39, 0.29) is 54.8 Å². The van der Waals surface area contributed by atoms with E-state index in [0.717, 1.165) is 107 Å². The first-order valence-electron chi connectivity index (χ1n) is 21.7. The van der Waals surface area contributed by atoms with Gasteiger partial charge in [0.1, 0.15) is 24.1 Å². The number of carbonyl (C=O) groups is 3. The summed E-state index contributed by atoms with van der Waals surface area (Å²) in [6.07, 6.45) is 13.7. The second-order valence-electron chi connectivity index (χ2n) is 17.9. The van der Waals surface area contributed by atoms with E-state index in [4.69, 9.17) is 14.5 Å². The fourth-order valence-electron chi connectivity index (χ4n) is 9.99. The molecule has 2 atom stereocenters. The average Bonchev–Trinajstić information content (AvgIpc) is 3.66. The number of ether oxygens (including phenoxy) is 2. The zero-order chi connectivity index (χ0) is 40.3. The van der Waals surface area contributed by atoms with Gasteiger partial charge in [0.25, 0.3) is 5.91 Å². The van der Waals surface area contributed by atoms with Crippen LogP contribution in [0.5, 0.6) is 5.88 Å². The minimum Gasteiger partial charge on any atom is -0.471 e. The zero-order valence-electron chi connectivity index (χ0n) is 33.8. The van der Waals surface area contributed by atoms with Crippen LogP contribution < -0.4 is 31.1 Å². The first-order chi connectivity index (χ1) is 28.7. The number of pyridine rings is 1. The smallest absolute Gasteiger partial charge is 0.255 e. The molecule has 3 amide bonds. The third kappa shape index (κ3) is 7.86. The molecule has 4 N–H and O–H groups in total. The maximum atomic E-state index is 15.9. The molecule has 0 bridgehead atoms. The number of halogens is 1. The summed E-state index contributed by atoms with van der Waals surface area (Å²) in [6.45, 7) is 8.78. The lowest BCUT2D eigenvalue weighted by Crippen LogP contribution is -2.52. The van der Waals surface area contributed by atoms with Crippen LogP contribution in [-0.4, -0.2) is 120 Å². The van der Waals surface area contributed by atoms with E-state index in [1.807, 2.05) is 6.20 Å². The quantitative estimate of drug-likeness (QED) is 0.274. The number of nitrogens with zero attached hydrogens (tertiary/aromatic N) is 6. The third-order valence-electron chi connectivity index (χ3n) is 13.8. The highest BCUT2D eigenvalue weighted by Crippen LogP contribution is 2.41. The predicted octanol–water partition coefficient (Wildman–Crippen LogP) is 3.59. The largest absolute Gasteiger partial charge is 0.471 e. The Morgan fingerprint density at radius 2 is 1.71 bits per heavy atom. The summed E-state index contributed by atoms with van der Waals surface area (Å²) in [5.74, 6) is 0.775. The van der Waals surface area contributed by atoms with Crippen molar-refractivity contribution in [2.75, 3.05) is 62.8 Å². The Balaban J connectivity index is 0.655. The fraction of sp³-hybridized carbons (Fsp3) is 0.605. The number of benzene rings is 1. The molecule has 2 aromatic rings. The number of hydrogen-bond donors (Lipinski definition) is 4. The number of hydrazine groups is 1. The number of carbonyl (C=O) groups excluding carboxylic acids is 3. The van der Waals surface area contributed by atoms with Gasteiger partial charge in [0.15, 0.2) is 5.82 Å². The van der Waals surface area contributed by atoms with Crippen LogP contribution in [0, 0.1) is 11.7 Å². The average molecular weight is 811 g/mol. The van der Waals surface area contributed by atoms with Crippen molar-refractivity contribution in [3.05, 3.63) is 58.7 Å². The Morgan fingerprint density at radius 3 is 2.47 bits per heavy atom. The van der Waals surface area contributed by atoms with Gasteiger partial charge in [0.2, 0.25) is 17.7 Å². The molecule has 15 nitrogen and oxygen atoms in total. The minimum atomic E-state index is -0.756. The third-order valence-corrected chi connectivity index (χ3v) is 13.8. The Kier molecular flexibility index (Phi) is 10.2. The van der Waals surface area contributed by atoms with Crippen molar-refractivity contribution in [3.63, 3.8) is 0 Å². The highest BCUT2D eigenvalue weighted by atomic mass is 19.1. The van der Waals surface area contributed by atoms with E-state index >= 15 is 4.39 Å². The fourth-order valence-corrected chi connectivity index (χ4v) is 9.99. The molecule has 5 fully saturated rings. The van der Waals surface area contributed by atoms with Crippen LogP contribution in [-0.2, 0) is 20.9 Å². The number of piperazine rings is 1. The number of amidine groups is 1. The summed E-state index contributed by atoms with van der Waals surface area (Å²) in [6, 6.07) is 4.66. The number of amides is 3. The van der Waals surface area contributed by atoms with E-state index in [1.54, 1.807) is 12.1 Å². The van der Waals surface area contributed by atoms with Gasteiger partial charge in [-0.1, -0.05) is 0 Å². The number of imide groups is 1. The van der Waals surface area contributed by atoms with Gasteiger partial charge in [-0.05, 0) is 82.8 Å². The Morgan fingerprint density at radius 1 is 0.932 bits per heavy atom. The van der Waals surface area contributed by atoms with E-state index in [0.29, 0.717) is 54.5 Å². The number of piperidine rings is 2. The molecule has 0 spiro atoms. The summed E-state index contributed by atoms with van der Waals surface area (Å²) in [4.78, 5) is 55.0. The van der Waals surface area contributed by atoms with E-state index in [9.17, 15) is 14.4 Å². The summed E-state index contributed by atoms with van der Waals surface area (Å²) in [5, 5.41) is 5.80. The molecule has 1 aromatic heterocycles. The molecule has 6 aliphatic heterocycles. The van der Waals surface area contributed by atoms with Crippen molar-refractivity contribution in [3.8, 4) is 5.88 Å². The SMILES string of the molecule is CC1(Oc2cc3c(cn2)NNC3C2=CC(N3CCC(OC4CCC(CN5CCN(c6ccc7c(c6F)CN(C6CCC(=O)NC6=O)C7=O)CC5)CC4)CC3)=NCN2)CC1. The maximum Gasteiger partial charge on any atom is 0.255 e. The molecular formula is C43H55FN10O5. The second kappa shape index (κ2) is 15.7. The van der Waals surface area contributed by atoms with E-state index < -0.39 is 11.9 Å². The van der Waals surface area contributed by atoms with Gasteiger partial charge in [-0.15, -0.1) is 0 Å². The Bertz CT molecular complexity index is 2050. The van der Waals surface area contributed by atoms with E-state index in [1.165, 1.54) is 4.90 Å². The summed E-state index contributed by atoms with van der Waals surface area (Å²) in [5.41, 5.74) is 11.0. The first kappa shape index (κ1) is 38.4. The van der Waals surface area contributed by atoms with Gasteiger partial charge in [-0.3, -0.25) is 24.6 Å². The molecule has 2 unspecified atom stereocenters. The minimum absolute atomic E-state index is 0.0366. The molecule has 16 heteroatoms. The normalized spacial score (nSPS) is 28.3. The number of aromatic nitrogens is 1. The van der Waals surface area contributed by atoms with Crippen LogP contribution in [0.2, 0.25) is 0 Å². The summed E-state index contributed by atoms with van der Waals surface area (Å²) in [7, 11) is 0. The van der Waals surface area contributed by atoms with Crippen LogP contribution in [0.15, 0.2) is 41.2 Å². The molecule has 1 aromatic carbocycles. The molecule has 3 saturated heterocycles. The Labute approximate surface area is 344 Å².